The van der Waals surface area contributed by atoms with Gasteiger partial charge in [-0.1, -0.05) is 19.1 Å². The molecule has 18 heavy (non-hydrogen) atoms. The van der Waals surface area contributed by atoms with Crippen molar-refractivity contribution in [2.75, 3.05) is 19.5 Å². The van der Waals surface area contributed by atoms with Gasteiger partial charge >= 0.3 is 0 Å². The predicted molar refractivity (Wildman–Crippen MR) is 78.2 cm³/mol. The van der Waals surface area contributed by atoms with E-state index in [4.69, 9.17) is 15.6 Å². The van der Waals surface area contributed by atoms with Crippen molar-refractivity contribution in [1.29, 1.82) is 0 Å². The molecule has 4 heteroatoms. The maximum Gasteiger partial charge on any atom is 0.118 e. The molecule has 0 amide bonds. The highest BCUT2D eigenvalue weighted by Gasteiger charge is 2.18. The summed E-state index contributed by atoms with van der Waals surface area (Å²) < 4.78 is 5.16. The molecule has 0 aliphatic carbocycles. The minimum Gasteiger partial charge on any atom is -0.497 e. The molecule has 0 aromatic heterocycles. The number of ether oxygens (including phenoxy) is 1. The van der Waals surface area contributed by atoms with E-state index >= 15 is 0 Å². The van der Waals surface area contributed by atoms with Gasteiger partial charge in [-0.3, -0.25) is 0 Å². The van der Waals surface area contributed by atoms with Crippen LogP contribution in [0.15, 0.2) is 24.3 Å². The maximum atomic E-state index is 8.85. The third-order valence-corrected chi connectivity index (χ3v) is 4.41. The molecular weight excluding hydrogens is 246 g/mol. The standard InChI is InChI=1S/C14H23NO2S/c1-3-13(15)14(18-10-4-9-16)11-5-7-12(17-2)8-6-11/h5-8,13-14,16H,3-4,9-10,15H2,1-2H3. The smallest absolute Gasteiger partial charge is 0.118 e. The molecule has 0 saturated carbocycles. The van der Waals surface area contributed by atoms with Crippen LogP contribution < -0.4 is 10.5 Å². The topological polar surface area (TPSA) is 55.5 Å². The summed E-state index contributed by atoms with van der Waals surface area (Å²) in [5.41, 5.74) is 7.42. The number of thioether (sulfide) groups is 1. The van der Waals surface area contributed by atoms with E-state index in [9.17, 15) is 0 Å². The fourth-order valence-corrected chi connectivity index (χ4v) is 3.09. The molecule has 3 N–H and O–H groups in total. The molecule has 0 heterocycles. The first-order valence-corrected chi connectivity index (χ1v) is 7.39. The lowest BCUT2D eigenvalue weighted by Gasteiger charge is -2.23. The molecule has 0 spiro atoms. The van der Waals surface area contributed by atoms with Crippen LogP contribution >= 0.6 is 11.8 Å². The van der Waals surface area contributed by atoms with Crippen molar-refractivity contribution in [3.63, 3.8) is 0 Å². The monoisotopic (exact) mass is 269 g/mol. The number of methoxy groups -OCH3 is 1. The Labute approximate surface area is 114 Å². The zero-order valence-corrected chi connectivity index (χ0v) is 12.0. The molecule has 1 rings (SSSR count). The number of aliphatic hydroxyl groups excluding tert-OH is 1. The summed E-state index contributed by atoms with van der Waals surface area (Å²) in [5, 5.41) is 9.14. The molecule has 1 aromatic carbocycles. The van der Waals surface area contributed by atoms with Gasteiger partial charge in [0, 0.05) is 17.9 Å². The quantitative estimate of drug-likeness (QED) is 0.712. The third kappa shape index (κ3) is 4.52. The lowest BCUT2D eigenvalue weighted by molar-refractivity contribution is 0.296. The average Bonchev–Trinajstić information content (AvgIpc) is 2.43. The Morgan fingerprint density at radius 2 is 2.00 bits per heavy atom. The molecule has 1 aromatic rings. The number of hydrogen-bond donors (Lipinski definition) is 2. The number of rotatable bonds is 8. The van der Waals surface area contributed by atoms with Gasteiger partial charge in [0.1, 0.15) is 5.75 Å². The van der Waals surface area contributed by atoms with Crippen LogP contribution in [0.4, 0.5) is 0 Å². The van der Waals surface area contributed by atoms with Crippen LogP contribution in [-0.4, -0.2) is 30.6 Å². The number of benzene rings is 1. The fourth-order valence-electron chi connectivity index (χ4n) is 1.75. The maximum absolute atomic E-state index is 8.85. The molecule has 0 aliphatic heterocycles. The highest BCUT2D eigenvalue weighted by molar-refractivity contribution is 7.99. The van der Waals surface area contributed by atoms with Crippen molar-refractivity contribution >= 4 is 11.8 Å². The molecule has 0 bridgehead atoms. The van der Waals surface area contributed by atoms with Crippen LogP contribution in [0.3, 0.4) is 0 Å². The van der Waals surface area contributed by atoms with Crippen molar-refractivity contribution in [1.82, 2.24) is 0 Å². The number of nitrogens with two attached hydrogens (primary N) is 1. The summed E-state index contributed by atoms with van der Waals surface area (Å²) >= 11 is 1.82. The number of aliphatic hydroxyl groups is 1. The van der Waals surface area contributed by atoms with Gasteiger partial charge in [-0.2, -0.15) is 11.8 Å². The average molecular weight is 269 g/mol. The molecule has 0 radical (unpaired) electrons. The van der Waals surface area contributed by atoms with E-state index in [-0.39, 0.29) is 17.9 Å². The minimum absolute atomic E-state index is 0.141. The Morgan fingerprint density at radius 1 is 1.33 bits per heavy atom. The van der Waals surface area contributed by atoms with Crippen LogP contribution in [0.5, 0.6) is 5.75 Å². The Morgan fingerprint density at radius 3 is 2.50 bits per heavy atom. The molecule has 2 unspecified atom stereocenters. The Kier molecular flexibility index (Phi) is 7.16. The van der Waals surface area contributed by atoms with Crippen molar-refractivity contribution in [2.24, 2.45) is 5.73 Å². The van der Waals surface area contributed by atoms with Crippen LogP contribution in [0.1, 0.15) is 30.6 Å². The molecular formula is C14H23NO2S. The Bertz CT molecular complexity index is 329. The molecule has 102 valence electrons. The summed E-state index contributed by atoms with van der Waals surface area (Å²) in [5.74, 6) is 1.80. The number of hydrogen-bond acceptors (Lipinski definition) is 4. The van der Waals surface area contributed by atoms with Gasteiger partial charge in [-0.25, -0.2) is 0 Å². The Balaban J connectivity index is 2.73. The first-order chi connectivity index (χ1) is 8.72. The lowest BCUT2D eigenvalue weighted by Crippen LogP contribution is -2.26. The second-order valence-electron chi connectivity index (χ2n) is 4.21. The van der Waals surface area contributed by atoms with E-state index in [0.29, 0.717) is 0 Å². The zero-order valence-electron chi connectivity index (χ0n) is 11.1. The fraction of sp³-hybridized carbons (Fsp3) is 0.571. The van der Waals surface area contributed by atoms with E-state index in [1.165, 1.54) is 5.56 Å². The van der Waals surface area contributed by atoms with Crippen molar-refractivity contribution in [3.8, 4) is 5.75 Å². The van der Waals surface area contributed by atoms with E-state index in [1.54, 1.807) is 7.11 Å². The van der Waals surface area contributed by atoms with E-state index in [2.05, 4.69) is 19.1 Å². The highest BCUT2D eigenvalue weighted by Crippen LogP contribution is 2.33. The normalized spacial score (nSPS) is 14.2. The third-order valence-electron chi connectivity index (χ3n) is 2.90. The first-order valence-electron chi connectivity index (χ1n) is 6.35. The van der Waals surface area contributed by atoms with Gasteiger partial charge in [0.2, 0.25) is 0 Å². The van der Waals surface area contributed by atoms with Gasteiger partial charge in [0.15, 0.2) is 0 Å². The first kappa shape index (κ1) is 15.3. The van der Waals surface area contributed by atoms with Gasteiger partial charge in [-0.15, -0.1) is 0 Å². The van der Waals surface area contributed by atoms with Crippen LogP contribution in [-0.2, 0) is 0 Å². The molecule has 3 nitrogen and oxygen atoms in total. The van der Waals surface area contributed by atoms with Crippen molar-refractivity contribution < 1.29 is 9.84 Å². The highest BCUT2D eigenvalue weighted by atomic mass is 32.2. The van der Waals surface area contributed by atoms with E-state index in [1.807, 2.05) is 23.9 Å². The molecule has 0 aliphatic rings. The summed E-state index contributed by atoms with van der Waals surface area (Å²) in [7, 11) is 1.67. The van der Waals surface area contributed by atoms with Gasteiger partial charge in [0.25, 0.3) is 0 Å². The van der Waals surface area contributed by atoms with Crippen LogP contribution in [0.2, 0.25) is 0 Å². The molecule has 2 atom stereocenters. The minimum atomic E-state index is 0.141. The van der Waals surface area contributed by atoms with E-state index < -0.39 is 0 Å². The summed E-state index contributed by atoms with van der Waals surface area (Å²) in [4.78, 5) is 0. The Hall–Kier alpha value is -0.710. The SMILES string of the molecule is CCC(N)C(SCCCO)c1ccc(OC)cc1. The predicted octanol–water partition coefficient (Wildman–Crippen LogP) is 2.59. The van der Waals surface area contributed by atoms with Gasteiger partial charge < -0.3 is 15.6 Å². The van der Waals surface area contributed by atoms with Crippen LogP contribution in [0, 0.1) is 0 Å². The van der Waals surface area contributed by atoms with Crippen LogP contribution in [0.25, 0.3) is 0 Å². The summed E-state index contributed by atoms with van der Waals surface area (Å²) in [6, 6.07) is 8.23. The van der Waals surface area contributed by atoms with Gasteiger partial charge in [-0.05, 0) is 36.3 Å². The van der Waals surface area contributed by atoms with Gasteiger partial charge in [0.05, 0.1) is 7.11 Å². The van der Waals surface area contributed by atoms with E-state index in [0.717, 1.165) is 24.3 Å². The van der Waals surface area contributed by atoms with Crippen molar-refractivity contribution in [3.05, 3.63) is 29.8 Å². The largest absolute Gasteiger partial charge is 0.497 e. The second-order valence-corrected chi connectivity index (χ2v) is 5.46. The lowest BCUT2D eigenvalue weighted by atomic mass is 10.0. The molecule has 0 fully saturated rings. The second kappa shape index (κ2) is 8.40. The zero-order chi connectivity index (χ0) is 13.4. The molecule has 0 saturated heterocycles. The summed E-state index contributed by atoms with van der Waals surface area (Å²) in [6.45, 7) is 2.34. The van der Waals surface area contributed by atoms with Crippen molar-refractivity contribution in [2.45, 2.75) is 31.1 Å². The summed E-state index contributed by atoms with van der Waals surface area (Å²) in [6.07, 6.45) is 1.76.